The lowest BCUT2D eigenvalue weighted by Crippen LogP contribution is -2.45. The quantitative estimate of drug-likeness (QED) is 0.860. The molecule has 0 unspecified atom stereocenters. The number of aromatic nitrogens is 2. The average molecular weight is 338 g/mol. The fourth-order valence-electron chi connectivity index (χ4n) is 3.79. The van der Waals surface area contributed by atoms with Gasteiger partial charge in [0.15, 0.2) is 0 Å². The summed E-state index contributed by atoms with van der Waals surface area (Å²) in [6, 6.07) is 9.65. The van der Waals surface area contributed by atoms with Crippen LogP contribution in [-0.2, 0) is 11.3 Å². The van der Waals surface area contributed by atoms with Crippen LogP contribution in [0.4, 0.5) is 0 Å². The fourth-order valence-corrected chi connectivity index (χ4v) is 3.79. The molecular weight excluding hydrogens is 316 g/mol. The average Bonchev–Trinajstić information content (AvgIpc) is 3.23. The zero-order chi connectivity index (χ0) is 17.4. The van der Waals surface area contributed by atoms with Gasteiger partial charge in [0.05, 0.1) is 18.3 Å². The van der Waals surface area contributed by atoms with Crippen molar-refractivity contribution in [3.8, 4) is 0 Å². The molecule has 25 heavy (non-hydrogen) atoms. The Balaban J connectivity index is 1.57. The molecule has 0 radical (unpaired) electrons. The van der Waals surface area contributed by atoms with Crippen LogP contribution in [0.15, 0.2) is 36.5 Å². The van der Waals surface area contributed by atoms with Gasteiger partial charge in [-0.25, -0.2) is 0 Å². The summed E-state index contributed by atoms with van der Waals surface area (Å²) in [6.45, 7) is 4.54. The molecule has 6 nitrogen and oxygen atoms in total. The van der Waals surface area contributed by atoms with Gasteiger partial charge in [-0.3, -0.25) is 14.3 Å². The SMILES string of the molecule is Cc1cccc(C(=O)N2Cc3ccnn3[C@H](CN3CCCC3=O)C2)c1. The minimum Gasteiger partial charge on any atom is -0.340 e. The number of nitrogens with zero attached hydrogens (tertiary/aromatic N) is 4. The van der Waals surface area contributed by atoms with Crippen LogP contribution in [0, 0.1) is 6.92 Å². The van der Waals surface area contributed by atoms with E-state index in [1.54, 1.807) is 6.20 Å². The van der Waals surface area contributed by atoms with E-state index in [9.17, 15) is 9.59 Å². The lowest BCUT2D eigenvalue weighted by molar-refractivity contribution is -0.128. The van der Waals surface area contributed by atoms with Crippen molar-refractivity contribution in [3.63, 3.8) is 0 Å². The van der Waals surface area contributed by atoms with Gasteiger partial charge in [-0.2, -0.15) is 5.10 Å². The molecule has 0 saturated carbocycles. The number of fused-ring (bicyclic) bond motifs is 1. The lowest BCUT2D eigenvalue weighted by atomic mass is 10.1. The van der Waals surface area contributed by atoms with Gasteiger partial charge in [-0.05, 0) is 31.5 Å². The van der Waals surface area contributed by atoms with E-state index in [-0.39, 0.29) is 17.9 Å². The van der Waals surface area contributed by atoms with Crippen LogP contribution in [0.2, 0.25) is 0 Å². The maximum Gasteiger partial charge on any atom is 0.254 e. The summed E-state index contributed by atoms with van der Waals surface area (Å²) < 4.78 is 1.98. The number of amides is 2. The zero-order valence-corrected chi connectivity index (χ0v) is 14.4. The van der Waals surface area contributed by atoms with Gasteiger partial charge in [0, 0.05) is 37.8 Å². The van der Waals surface area contributed by atoms with E-state index in [1.165, 1.54) is 0 Å². The Bertz CT molecular complexity index is 813. The van der Waals surface area contributed by atoms with Gasteiger partial charge in [0.1, 0.15) is 0 Å². The van der Waals surface area contributed by atoms with E-state index >= 15 is 0 Å². The lowest BCUT2D eigenvalue weighted by Gasteiger charge is -2.35. The van der Waals surface area contributed by atoms with Crippen LogP contribution in [0.5, 0.6) is 0 Å². The van der Waals surface area contributed by atoms with Crippen molar-refractivity contribution in [2.45, 2.75) is 32.4 Å². The van der Waals surface area contributed by atoms with Crippen molar-refractivity contribution in [3.05, 3.63) is 53.3 Å². The van der Waals surface area contributed by atoms with Crippen molar-refractivity contribution in [2.75, 3.05) is 19.6 Å². The van der Waals surface area contributed by atoms with E-state index in [4.69, 9.17) is 0 Å². The molecule has 2 aromatic rings. The molecule has 3 heterocycles. The highest BCUT2D eigenvalue weighted by Crippen LogP contribution is 2.24. The van der Waals surface area contributed by atoms with Crippen molar-refractivity contribution in [1.82, 2.24) is 19.6 Å². The number of hydrogen-bond donors (Lipinski definition) is 0. The third kappa shape index (κ3) is 3.04. The molecule has 0 N–H and O–H groups in total. The van der Waals surface area contributed by atoms with Crippen LogP contribution in [0.25, 0.3) is 0 Å². The Morgan fingerprint density at radius 3 is 2.96 bits per heavy atom. The first-order chi connectivity index (χ1) is 12.1. The molecule has 4 rings (SSSR count). The number of rotatable bonds is 3. The molecule has 0 spiro atoms. The van der Waals surface area contributed by atoms with Crippen LogP contribution >= 0.6 is 0 Å². The first-order valence-corrected chi connectivity index (χ1v) is 8.78. The van der Waals surface area contributed by atoms with Gasteiger partial charge < -0.3 is 9.80 Å². The molecule has 2 aliphatic rings. The van der Waals surface area contributed by atoms with E-state index in [0.717, 1.165) is 24.2 Å². The Labute approximate surface area is 147 Å². The monoisotopic (exact) mass is 338 g/mol. The summed E-state index contributed by atoms with van der Waals surface area (Å²) in [6.07, 6.45) is 3.32. The van der Waals surface area contributed by atoms with Gasteiger partial charge in [0.25, 0.3) is 5.91 Å². The Morgan fingerprint density at radius 2 is 2.20 bits per heavy atom. The number of carbonyl (C=O) groups excluding carboxylic acids is 2. The molecule has 2 aliphatic heterocycles. The summed E-state index contributed by atoms with van der Waals surface area (Å²) in [5, 5.41) is 4.43. The smallest absolute Gasteiger partial charge is 0.254 e. The predicted molar refractivity (Wildman–Crippen MR) is 93.0 cm³/mol. The van der Waals surface area contributed by atoms with E-state index in [2.05, 4.69) is 5.10 Å². The molecule has 6 heteroatoms. The fraction of sp³-hybridized carbons (Fsp3) is 0.421. The number of likely N-dealkylation sites (tertiary alicyclic amines) is 1. The molecular formula is C19H22N4O2. The van der Waals surface area contributed by atoms with Crippen LogP contribution in [0.1, 0.15) is 40.5 Å². The van der Waals surface area contributed by atoms with Crippen LogP contribution in [0.3, 0.4) is 0 Å². The van der Waals surface area contributed by atoms with Crippen molar-refractivity contribution in [2.24, 2.45) is 0 Å². The zero-order valence-electron chi connectivity index (χ0n) is 14.4. The van der Waals surface area contributed by atoms with Gasteiger partial charge in [-0.1, -0.05) is 17.7 Å². The second-order valence-corrected chi connectivity index (χ2v) is 6.92. The first-order valence-electron chi connectivity index (χ1n) is 8.78. The third-order valence-electron chi connectivity index (χ3n) is 5.04. The largest absolute Gasteiger partial charge is 0.340 e. The number of aryl methyl sites for hydroxylation is 1. The normalized spacial score (nSPS) is 20.0. The summed E-state index contributed by atoms with van der Waals surface area (Å²) >= 11 is 0. The summed E-state index contributed by atoms with van der Waals surface area (Å²) in [5.74, 6) is 0.240. The topological polar surface area (TPSA) is 58.4 Å². The minimum absolute atomic E-state index is 0.00885. The van der Waals surface area contributed by atoms with Crippen molar-refractivity contribution in [1.29, 1.82) is 0 Å². The molecule has 1 atom stereocenters. The Morgan fingerprint density at radius 1 is 1.32 bits per heavy atom. The highest BCUT2D eigenvalue weighted by molar-refractivity contribution is 5.94. The van der Waals surface area contributed by atoms with E-state index < -0.39 is 0 Å². The Hall–Kier alpha value is -2.63. The number of carbonyl (C=O) groups is 2. The third-order valence-corrected chi connectivity index (χ3v) is 5.04. The maximum absolute atomic E-state index is 12.9. The highest BCUT2D eigenvalue weighted by Gasteiger charge is 2.32. The molecule has 1 fully saturated rings. The molecule has 1 aromatic carbocycles. The van der Waals surface area contributed by atoms with Crippen molar-refractivity contribution < 1.29 is 9.59 Å². The second kappa shape index (κ2) is 6.35. The molecule has 130 valence electrons. The molecule has 1 aromatic heterocycles. The molecule has 2 amide bonds. The van der Waals surface area contributed by atoms with Gasteiger partial charge >= 0.3 is 0 Å². The van der Waals surface area contributed by atoms with Gasteiger partial charge in [0.2, 0.25) is 5.91 Å². The molecule has 0 aliphatic carbocycles. The van der Waals surface area contributed by atoms with Crippen LogP contribution in [-0.4, -0.2) is 51.0 Å². The standard InChI is InChI=1S/C19H22N4O2/c1-14-4-2-5-15(10-14)19(25)22-11-16-7-8-20-23(16)17(13-22)12-21-9-3-6-18(21)24/h2,4-5,7-8,10,17H,3,6,9,11-13H2,1H3/t17-/m1/s1. The molecule has 1 saturated heterocycles. The van der Waals surface area contributed by atoms with Crippen LogP contribution < -0.4 is 0 Å². The molecule has 0 bridgehead atoms. The minimum atomic E-state index is 0.00885. The van der Waals surface area contributed by atoms with Crippen molar-refractivity contribution >= 4 is 11.8 Å². The number of benzene rings is 1. The summed E-state index contributed by atoms with van der Waals surface area (Å²) in [7, 11) is 0. The number of hydrogen-bond acceptors (Lipinski definition) is 3. The second-order valence-electron chi connectivity index (χ2n) is 6.92. The van der Waals surface area contributed by atoms with Gasteiger partial charge in [-0.15, -0.1) is 0 Å². The Kier molecular flexibility index (Phi) is 4.03. The highest BCUT2D eigenvalue weighted by atomic mass is 16.2. The first kappa shape index (κ1) is 15.9. The van der Waals surface area contributed by atoms with E-state index in [1.807, 2.05) is 51.7 Å². The van der Waals surface area contributed by atoms with E-state index in [0.29, 0.717) is 31.6 Å². The maximum atomic E-state index is 12.9. The summed E-state index contributed by atoms with van der Waals surface area (Å²) in [5.41, 5.74) is 2.81. The summed E-state index contributed by atoms with van der Waals surface area (Å²) in [4.78, 5) is 28.7. The predicted octanol–water partition coefficient (Wildman–Crippen LogP) is 2.01.